The van der Waals surface area contributed by atoms with Crippen LogP contribution < -0.4 is 0 Å². The summed E-state index contributed by atoms with van der Waals surface area (Å²) in [6.45, 7) is 2.71. The van der Waals surface area contributed by atoms with Crippen LogP contribution in [0, 0.1) is 10.1 Å². The molecule has 0 amide bonds. The van der Waals surface area contributed by atoms with E-state index in [1.54, 1.807) is 6.07 Å². The molecular formula is C14H15NO6. The lowest BCUT2D eigenvalue weighted by atomic mass is 10.1. The zero-order valence-corrected chi connectivity index (χ0v) is 11.9. The van der Waals surface area contributed by atoms with E-state index in [2.05, 4.69) is 0 Å². The Morgan fingerprint density at radius 3 is 2.57 bits per heavy atom. The van der Waals surface area contributed by atoms with Gasteiger partial charge >= 0.3 is 5.97 Å². The molecule has 0 heterocycles. The number of nitro groups is 1. The number of methoxy groups -OCH3 is 1. The maximum absolute atomic E-state index is 11.9. The van der Waals surface area contributed by atoms with Crippen LogP contribution in [0.5, 0.6) is 0 Å². The predicted octanol–water partition coefficient (Wildman–Crippen LogP) is 2.10. The second-order valence-corrected chi connectivity index (χ2v) is 4.17. The molecule has 0 saturated carbocycles. The molecule has 1 aromatic carbocycles. The second-order valence-electron chi connectivity index (χ2n) is 4.17. The number of non-ortho nitro benzene ring substituents is 1. The smallest absolute Gasteiger partial charge is 0.344 e. The Bertz CT molecular complexity index is 593. The largest absolute Gasteiger partial charge is 0.432 e. The summed E-state index contributed by atoms with van der Waals surface area (Å²) in [4.78, 5) is 33.5. The number of hydrogen-bond acceptors (Lipinski definition) is 6. The number of esters is 1. The van der Waals surface area contributed by atoms with Gasteiger partial charge in [0.05, 0.1) is 4.92 Å². The van der Waals surface area contributed by atoms with Gasteiger partial charge in [-0.15, -0.1) is 0 Å². The van der Waals surface area contributed by atoms with E-state index in [0.29, 0.717) is 5.56 Å². The van der Waals surface area contributed by atoms with Crippen LogP contribution in [0.1, 0.15) is 19.4 Å². The summed E-state index contributed by atoms with van der Waals surface area (Å²) in [7, 11) is 1.36. The van der Waals surface area contributed by atoms with Crippen molar-refractivity contribution in [2.45, 2.75) is 20.1 Å². The lowest BCUT2D eigenvalue weighted by Crippen LogP contribution is -2.20. The topological polar surface area (TPSA) is 95.7 Å². The number of nitrogens with zero attached hydrogens (tertiary/aromatic N) is 1. The first-order chi connectivity index (χ1) is 9.85. The van der Waals surface area contributed by atoms with Crippen LogP contribution in [-0.2, 0) is 19.1 Å². The Labute approximate surface area is 121 Å². The molecule has 0 N–H and O–H groups in total. The van der Waals surface area contributed by atoms with Crippen LogP contribution in [0.15, 0.2) is 29.8 Å². The van der Waals surface area contributed by atoms with Crippen molar-refractivity contribution in [3.8, 4) is 0 Å². The molecule has 21 heavy (non-hydrogen) atoms. The highest BCUT2D eigenvalue weighted by Crippen LogP contribution is 2.17. The van der Waals surface area contributed by atoms with Crippen molar-refractivity contribution in [2.75, 3.05) is 7.11 Å². The first-order valence-electron chi connectivity index (χ1n) is 6.06. The van der Waals surface area contributed by atoms with E-state index in [9.17, 15) is 19.7 Å². The van der Waals surface area contributed by atoms with Crippen LogP contribution in [0.4, 0.5) is 5.69 Å². The summed E-state index contributed by atoms with van der Waals surface area (Å²) >= 11 is 0. The van der Waals surface area contributed by atoms with Gasteiger partial charge in [0.2, 0.25) is 0 Å². The molecule has 1 rings (SSSR count). The highest BCUT2D eigenvalue weighted by molar-refractivity contribution is 6.19. The minimum absolute atomic E-state index is 0.134. The zero-order chi connectivity index (χ0) is 16.0. The van der Waals surface area contributed by atoms with Gasteiger partial charge in [0.1, 0.15) is 5.57 Å². The van der Waals surface area contributed by atoms with Gasteiger partial charge in [0.25, 0.3) is 5.69 Å². The summed E-state index contributed by atoms with van der Waals surface area (Å²) < 4.78 is 9.67. The average molecular weight is 293 g/mol. The van der Waals surface area contributed by atoms with E-state index >= 15 is 0 Å². The third kappa shape index (κ3) is 4.81. The normalized spacial score (nSPS) is 12.6. The van der Waals surface area contributed by atoms with Crippen molar-refractivity contribution in [2.24, 2.45) is 0 Å². The number of carbonyl (C=O) groups is 2. The molecule has 0 bridgehead atoms. The molecule has 0 aromatic heterocycles. The molecule has 112 valence electrons. The number of nitro benzene ring substituents is 1. The Morgan fingerprint density at radius 1 is 1.38 bits per heavy atom. The molecule has 0 radical (unpaired) electrons. The van der Waals surface area contributed by atoms with Gasteiger partial charge in [0.15, 0.2) is 12.1 Å². The minimum atomic E-state index is -0.844. The highest BCUT2D eigenvalue weighted by atomic mass is 16.7. The van der Waals surface area contributed by atoms with Crippen molar-refractivity contribution in [3.63, 3.8) is 0 Å². The van der Waals surface area contributed by atoms with E-state index in [4.69, 9.17) is 9.47 Å². The molecule has 0 spiro atoms. The molecule has 1 atom stereocenters. The molecule has 0 fully saturated rings. The van der Waals surface area contributed by atoms with Crippen LogP contribution in [0.2, 0.25) is 0 Å². The van der Waals surface area contributed by atoms with E-state index in [0.717, 1.165) is 0 Å². The fourth-order valence-corrected chi connectivity index (χ4v) is 1.46. The molecule has 0 aliphatic heterocycles. The van der Waals surface area contributed by atoms with E-state index in [1.807, 2.05) is 0 Å². The van der Waals surface area contributed by atoms with Gasteiger partial charge in [-0.2, -0.15) is 0 Å². The van der Waals surface area contributed by atoms with Gasteiger partial charge < -0.3 is 9.47 Å². The average Bonchev–Trinajstić information content (AvgIpc) is 2.44. The number of ketones is 1. The van der Waals surface area contributed by atoms with Crippen LogP contribution in [0.25, 0.3) is 6.08 Å². The van der Waals surface area contributed by atoms with E-state index in [-0.39, 0.29) is 11.3 Å². The fraction of sp³-hybridized carbons (Fsp3) is 0.286. The first-order valence-corrected chi connectivity index (χ1v) is 6.06. The van der Waals surface area contributed by atoms with Crippen LogP contribution in [0.3, 0.4) is 0 Å². The Hall–Kier alpha value is -2.54. The number of ether oxygens (including phenoxy) is 2. The van der Waals surface area contributed by atoms with Gasteiger partial charge in [-0.05, 0) is 25.5 Å². The summed E-state index contributed by atoms with van der Waals surface area (Å²) in [6, 6.07) is 5.58. The van der Waals surface area contributed by atoms with E-state index < -0.39 is 23.0 Å². The molecular weight excluding hydrogens is 278 g/mol. The molecule has 7 heteroatoms. The van der Waals surface area contributed by atoms with Crippen LogP contribution >= 0.6 is 0 Å². The van der Waals surface area contributed by atoms with Crippen molar-refractivity contribution in [1.82, 2.24) is 0 Å². The fourth-order valence-electron chi connectivity index (χ4n) is 1.46. The monoisotopic (exact) mass is 293 g/mol. The summed E-state index contributed by atoms with van der Waals surface area (Å²) in [5.74, 6) is -1.35. The van der Waals surface area contributed by atoms with Gasteiger partial charge in [-0.25, -0.2) is 4.79 Å². The molecule has 7 nitrogen and oxygen atoms in total. The lowest BCUT2D eigenvalue weighted by molar-refractivity contribution is -0.384. The molecule has 0 saturated heterocycles. The highest BCUT2D eigenvalue weighted by Gasteiger charge is 2.19. The third-order valence-corrected chi connectivity index (χ3v) is 2.60. The maximum atomic E-state index is 11.9. The molecule has 0 aliphatic rings. The van der Waals surface area contributed by atoms with Crippen molar-refractivity contribution >= 4 is 23.5 Å². The number of carbonyl (C=O) groups excluding carboxylic acids is 2. The third-order valence-electron chi connectivity index (χ3n) is 2.60. The molecule has 0 aliphatic carbocycles. The van der Waals surface area contributed by atoms with Crippen molar-refractivity contribution < 1.29 is 24.0 Å². The molecule has 1 aromatic rings. The van der Waals surface area contributed by atoms with Crippen LogP contribution in [-0.4, -0.2) is 30.1 Å². The Balaban J connectivity index is 3.10. The van der Waals surface area contributed by atoms with Gasteiger partial charge in [-0.3, -0.25) is 14.9 Å². The van der Waals surface area contributed by atoms with E-state index in [1.165, 1.54) is 45.2 Å². The Morgan fingerprint density at radius 2 is 2.05 bits per heavy atom. The maximum Gasteiger partial charge on any atom is 0.344 e. The quantitative estimate of drug-likeness (QED) is 0.152. The van der Waals surface area contributed by atoms with Crippen molar-refractivity contribution in [1.29, 1.82) is 0 Å². The van der Waals surface area contributed by atoms with Gasteiger partial charge in [-0.1, -0.05) is 12.1 Å². The number of benzene rings is 1. The zero-order valence-electron chi connectivity index (χ0n) is 11.9. The minimum Gasteiger partial charge on any atom is -0.432 e. The standard InChI is InChI=1S/C14H15NO6/c1-9(16)13(14(17)21-10(2)20-3)8-11-5-4-6-12(7-11)15(18)19/h4-8,10H,1-3H3. The summed E-state index contributed by atoms with van der Waals surface area (Å²) in [5.41, 5.74) is 0.0149. The number of hydrogen-bond donors (Lipinski definition) is 0. The Kier molecular flexibility index (Phi) is 5.74. The first kappa shape index (κ1) is 16.5. The summed E-state index contributed by atoms with van der Waals surface area (Å²) in [6.07, 6.45) is 0.449. The SMILES string of the molecule is COC(C)OC(=O)C(=Cc1cccc([N+](=O)[O-])c1)C(C)=O. The van der Waals surface area contributed by atoms with Crippen molar-refractivity contribution in [3.05, 3.63) is 45.5 Å². The summed E-state index contributed by atoms with van der Waals surface area (Å²) in [5, 5.41) is 10.7. The number of Topliss-reactive ketones (excluding diaryl/α,β-unsaturated/α-hetero) is 1. The predicted molar refractivity (Wildman–Crippen MR) is 74.3 cm³/mol. The lowest BCUT2D eigenvalue weighted by Gasteiger charge is -2.11. The second kappa shape index (κ2) is 7.30. The molecule has 1 unspecified atom stereocenters. The van der Waals surface area contributed by atoms with Gasteiger partial charge in [0, 0.05) is 19.2 Å². The number of rotatable bonds is 6.